The van der Waals surface area contributed by atoms with Crippen molar-refractivity contribution in [2.75, 3.05) is 0 Å². The van der Waals surface area contributed by atoms with E-state index >= 15 is 0 Å². The molecule has 0 unspecified atom stereocenters. The van der Waals surface area contributed by atoms with Gasteiger partial charge in [-0.2, -0.15) is 4.52 Å². The molecule has 0 aliphatic rings. The van der Waals surface area contributed by atoms with Crippen molar-refractivity contribution in [3.8, 4) is 11.4 Å². The van der Waals surface area contributed by atoms with E-state index in [0.29, 0.717) is 17.0 Å². The zero-order chi connectivity index (χ0) is 13.7. The van der Waals surface area contributed by atoms with E-state index in [1.54, 1.807) is 12.1 Å². The summed E-state index contributed by atoms with van der Waals surface area (Å²) in [6.45, 7) is 0. The van der Waals surface area contributed by atoms with Gasteiger partial charge in [-0.05, 0) is 35.7 Å². The summed E-state index contributed by atoms with van der Waals surface area (Å²) in [7, 11) is 0. The third-order valence-corrected chi connectivity index (χ3v) is 3.86. The average Bonchev–Trinajstić information content (AvgIpc) is 3.05. The summed E-state index contributed by atoms with van der Waals surface area (Å²) in [5.41, 5.74) is 0.831. The number of hydrogen-bond acceptors (Lipinski definition) is 4. The van der Waals surface area contributed by atoms with Gasteiger partial charge in [0, 0.05) is 5.56 Å². The maximum Gasteiger partial charge on any atom is 0.349 e. The fourth-order valence-electron chi connectivity index (χ4n) is 2.08. The molecular formula is C13H7FN4OS. The van der Waals surface area contributed by atoms with Gasteiger partial charge in [0.25, 0.3) is 0 Å². The highest BCUT2D eigenvalue weighted by molar-refractivity contribution is 7.16. The maximum atomic E-state index is 12.9. The first-order chi connectivity index (χ1) is 9.72. The number of nitrogens with one attached hydrogen (secondary N) is 1. The summed E-state index contributed by atoms with van der Waals surface area (Å²) in [5, 5.41) is 6.91. The summed E-state index contributed by atoms with van der Waals surface area (Å²) in [6, 6.07) is 7.73. The van der Waals surface area contributed by atoms with Crippen molar-refractivity contribution in [1.82, 2.24) is 19.6 Å². The number of H-pyrrole nitrogens is 1. The minimum Gasteiger partial charge on any atom is -0.297 e. The summed E-state index contributed by atoms with van der Waals surface area (Å²) in [5.74, 6) is 0.0739. The first kappa shape index (κ1) is 11.3. The molecule has 0 atom stereocenters. The number of rotatable bonds is 1. The average molecular weight is 286 g/mol. The minimum atomic E-state index is -0.337. The second-order valence-corrected chi connectivity index (χ2v) is 5.19. The fourth-order valence-corrected chi connectivity index (χ4v) is 2.85. The second kappa shape index (κ2) is 3.97. The standard InChI is InChI=1S/C13H7FN4OS/c14-8-3-1-7(2-4-8)10-15-11-9-5-6-20-12(9)16-13(19)18(11)17-10/h1-6H,(H,16,19). The SMILES string of the molecule is O=c1[nH]c2sccc2c2nc(-c3ccc(F)cc3)nn12. The van der Waals surface area contributed by atoms with Crippen molar-refractivity contribution in [2.45, 2.75) is 0 Å². The highest BCUT2D eigenvalue weighted by Gasteiger charge is 2.12. The Morgan fingerprint density at radius 3 is 2.80 bits per heavy atom. The predicted molar refractivity (Wildman–Crippen MR) is 74.4 cm³/mol. The van der Waals surface area contributed by atoms with E-state index in [1.807, 2.05) is 11.4 Å². The van der Waals surface area contributed by atoms with Crippen LogP contribution in [-0.2, 0) is 0 Å². The molecule has 1 aromatic carbocycles. The van der Waals surface area contributed by atoms with Crippen molar-refractivity contribution in [3.05, 3.63) is 52.0 Å². The highest BCUT2D eigenvalue weighted by atomic mass is 32.1. The number of halogens is 1. The highest BCUT2D eigenvalue weighted by Crippen LogP contribution is 2.23. The smallest absolute Gasteiger partial charge is 0.297 e. The lowest BCUT2D eigenvalue weighted by molar-refractivity contribution is 0.628. The van der Waals surface area contributed by atoms with Gasteiger partial charge >= 0.3 is 5.69 Å². The molecule has 20 heavy (non-hydrogen) atoms. The van der Waals surface area contributed by atoms with Crippen LogP contribution < -0.4 is 5.69 Å². The Hall–Kier alpha value is -2.54. The first-order valence-corrected chi connectivity index (χ1v) is 6.72. The van der Waals surface area contributed by atoms with E-state index in [2.05, 4.69) is 15.1 Å². The van der Waals surface area contributed by atoms with Crippen LogP contribution in [-0.4, -0.2) is 19.6 Å². The Labute approximate surface area is 115 Å². The van der Waals surface area contributed by atoms with Crippen molar-refractivity contribution in [2.24, 2.45) is 0 Å². The van der Waals surface area contributed by atoms with Crippen LogP contribution >= 0.6 is 11.3 Å². The van der Waals surface area contributed by atoms with Gasteiger partial charge in [0.15, 0.2) is 11.5 Å². The van der Waals surface area contributed by atoms with Crippen molar-refractivity contribution in [3.63, 3.8) is 0 Å². The van der Waals surface area contributed by atoms with E-state index < -0.39 is 0 Å². The van der Waals surface area contributed by atoms with Crippen molar-refractivity contribution in [1.29, 1.82) is 0 Å². The normalized spacial score (nSPS) is 11.4. The second-order valence-electron chi connectivity index (χ2n) is 4.27. The quantitative estimate of drug-likeness (QED) is 0.584. The summed E-state index contributed by atoms with van der Waals surface area (Å²) < 4.78 is 14.2. The van der Waals surface area contributed by atoms with Gasteiger partial charge in [-0.3, -0.25) is 4.98 Å². The molecule has 0 saturated carbocycles. The number of aromatic nitrogens is 4. The molecule has 0 radical (unpaired) electrons. The molecule has 4 rings (SSSR count). The van der Waals surface area contributed by atoms with Gasteiger partial charge in [-0.1, -0.05) is 0 Å². The molecule has 98 valence electrons. The molecule has 7 heteroatoms. The van der Waals surface area contributed by atoms with Crippen LogP contribution in [0.2, 0.25) is 0 Å². The van der Waals surface area contributed by atoms with Crippen LogP contribution in [0.25, 0.3) is 27.3 Å². The van der Waals surface area contributed by atoms with Crippen molar-refractivity contribution < 1.29 is 4.39 Å². The predicted octanol–water partition coefficient (Wildman–Crippen LogP) is 2.44. The number of thiophene rings is 1. The third-order valence-electron chi connectivity index (χ3n) is 3.03. The number of nitrogens with zero attached hydrogens (tertiary/aromatic N) is 3. The molecular weight excluding hydrogens is 279 g/mol. The molecule has 0 saturated heterocycles. The van der Waals surface area contributed by atoms with Gasteiger partial charge in [-0.15, -0.1) is 16.4 Å². The molecule has 0 fully saturated rings. The summed E-state index contributed by atoms with van der Waals surface area (Å²) in [6.07, 6.45) is 0. The van der Waals surface area contributed by atoms with Crippen LogP contribution in [0.5, 0.6) is 0 Å². The van der Waals surface area contributed by atoms with Crippen LogP contribution in [0.3, 0.4) is 0 Å². The largest absolute Gasteiger partial charge is 0.349 e. The van der Waals surface area contributed by atoms with E-state index in [0.717, 1.165) is 10.2 Å². The molecule has 5 nitrogen and oxygen atoms in total. The third kappa shape index (κ3) is 1.56. The molecule has 0 bridgehead atoms. The van der Waals surface area contributed by atoms with E-state index in [-0.39, 0.29) is 11.5 Å². The Morgan fingerprint density at radius 1 is 1.20 bits per heavy atom. The number of fused-ring (bicyclic) bond motifs is 3. The minimum absolute atomic E-state index is 0.324. The molecule has 1 N–H and O–H groups in total. The van der Waals surface area contributed by atoms with E-state index in [1.165, 1.54) is 28.0 Å². The van der Waals surface area contributed by atoms with Crippen LogP contribution in [0, 0.1) is 5.82 Å². The molecule has 0 aliphatic heterocycles. The molecule has 4 aromatic rings. The van der Waals surface area contributed by atoms with Crippen LogP contribution in [0.4, 0.5) is 4.39 Å². The van der Waals surface area contributed by atoms with Gasteiger partial charge in [0.1, 0.15) is 10.6 Å². The van der Waals surface area contributed by atoms with E-state index in [4.69, 9.17) is 0 Å². The van der Waals surface area contributed by atoms with Gasteiger partial charge in [-0.25, -0.2) is 14.2 Å². The Bertz CT molecular complexity index is 983. The van der Waals surface area contributed by atoms with Gasteiger partial charge in [0.05, 0.1) is 5.39 Å². The first-order valence-electron chi connectivity index (χ1n) is 5.84. The lowest BCUT2D eigenvalue weighted by atomic mass is 10.2. The summed E-state index contributed by atoms with van der Waals surface area (Å²) in [4.78, 5) is 19.8. The van der Waals surface area contributed by atoms with Crippen LogP contribution in [0.15, 0.2) is 40.5 Å². The zero-order valence-corrected chi connectivity index (χ0v) is 10.8. The Balaban J connectivity index is 2.05. The Morgan fingerprint density at radius 2 is 2.00 bits per heavy atom. The number of hydrogen-bond donors (Lipinski definition) is 1. The molecule has 3 heterocycles. The number of benzene rings is 1. The van der Waals surface area contributed by atoms with Gasteiger partial charge < -0.3 is 0 Å². The monoisotopic (exact) mass is 286 g/mol. The Kier molecular flexibility index (Phi) is 2.25. The van der Waals surface area contributed by atoms with Gasteiger partial charge in [0.2, 0.25) is 0 Å². The van der Waals surface area contributed by atoms with Crippen molar-refractivity contribution >= 4 is 27.2 Å². The molecule has 0 amide bonds. The number of aromatic amines is 1. The lowest BCUT2D eigenvalue weighted by Gasteiger charge is -1.92. The van der Waals surface area contributed by atoms with E-state index in [9.17, 15) is 9.18 Å². The fraction of sp³-hybridized carbons (Fsp3) is 0. The van der Waals surface area contributed by atoms with Crippen LogP contribution in [0.1, 0.15) is 0 Å². The molecule has 0 spiro atoms. The topological polar surface area (TPSA) is 63.0 Å². The maximum absolute atomic E-state index is 12.9. The molecule has 0 aliphatic carbocycles. The lowest BCUT2D eigenvalue weighted by Crippen LogP contribution is -2.16. The summed E-state index contributed by atoms with van der Waals surface area (Å²) >= 11 is 1.44. The zero-order valence-electron chi connectivity index (χ0n) is 10.0. The molecule has 3 aromatic heterocycles.